The van der Waals surface area contributed by atoms with Gasteiger partial charge in [-0.05, 0) is 30.4 Å². The summed E-state index contributed by atoms with van der Waals surface area (Å²) < 4.78 is 23.7. The maximum atomic E-state index is 11.9. The van der Waals surface area contributed by atoms with Crippen LogP contribution in [0, 0.1) is 0 Å². The Morgan fingerprint density at radius 1 is 1.19 bits per heavy atom. The molecular weight excluding hydrogens is 220 g/mol. The van der Waals surface area contributed by atoms with E-state index in [-0.39, 0.29) is 0 Å². The van der Waals surface area contributed by atoms with Crippen LogP contribution in [0.2, 0.25) is 0 Å². The maximum absolute atomic E-state index is 11.9. The van der Waals surface area contributed by atoms with Gasteiger partial charge in [-0.1, -0.05) is 37.6 Å². The fourth-order valence-electron chi connectivity index (χ4n) is 2.40. The number of rotatable bonds is 3. The summed E-state index contributed by atoms with van der Waals surface area (Å²) in [6, 6.07) is 7.31. The van der Waals surface area contributed by atoms with Gasteiger partial charge in [-0.3, -0.25) is 0 Å². The van der Waals surface area contributed by atoms with Gasteiger partial charge in [0.25, 0.3) is 0 Å². The highest BCUT2D eigenvalue weighted by atomic mass is 32.2. The second-order valence-electron chi connectivity index (χ2n) is 4.23. The van der Waals surface area contributed by atoms with Gasteiger partial charge in [0.2, 0.25) is 0 Å². The van der Waals surface area contributed by atoms with Crippen molar-refractivity contribution in [2.45, 2.75) is 36.5 Å². The van der Waals surface area contributed by atoms with E-state index in [4.69, 9.17) is 0 Å². The van der Waals surface area contributed by atoms with Crippen LogP contribution in [-0.4, -0.2) is 8.42 Å². The Kier molecular flexibility index (Phi) is 3.15. The molecule has 86 valence electrons. The highest BCUT2D eigenvalue weighted by Crippen LogP contribution is 2.37. The molecule has 1 aromatic rings. The first kappa shape index (κ1) is 11.4. The van der Waals surface area contributed by atoms with Crippen LogP contribution in [0.3, 0.4) is 0 Å². The van der Waals surface area contributed by atoms with Crippen LogP contribution in [0.15, 0.2) is 41.1 Å². The molecule has 0 spiro atoms. The lowest BCUT2D eigenvalue weighted by Crippen LogP contribution is -2.04. The van der Waals surface area contributed by atoms with Gasteiger partial charge < -0.3 is 0 Å². The van der Waals surface area contributed by atoms with Gasteiger partial charge in [0.15, 0.2) is 9.84 Å². The Morgan fingerprint density at radius 2 is 1.81 bits per heavy atom. The van der Waals surface area contributed by atoms with Crippen molar-refractivity contribution in [2.24, 2.45) is 0 Å². The molecule has 1 fully saturated rings. The molecule has 3 heteroatoms. The minimum Gasteiger partial charge on any atom is -0.219 e. The predicted octanol–water partition coefficient (Wildman–Crippen LogP) is 3.26. The molecule has 0 aromatic heterocycles. The summed E-state index contributed by atoms with van der Waals surface area (Å²) in [5.74, 6) is 0.408. The molecule has 0 aliphatic heterocycles. The summed E-state index contributed by atoms with van der Waals surface area (Å²) in [5, 5.41) is 1.04. The SMILES string of the molecule is C=CS(=O)(=O)c1ccccc1C1CCCC1. The zero-order chi connectivity index (χ0) is 11.6. The van der Waals surface area contributed by atoms with E-state index in [0.717, 1.165) is 23.8 Å². The molecule has 1 aliphatic rings. The predicted molar refractivity (Wildman–Crippen MR) is 65.0 cm³/mol. The summed E-state index contributed by atoms with van der Waals surface area (Å²) in [4.78, 5) is 0.442. The summed E-state index contributed by atoms with van der Waals surface area (Å²) in [6.07, 6.45) is 4.60. The zero-order valence-electron chi connectivity index (χ0n) is 9.22. The fraction of sp³-hybridized carbons (Fsp3) is 0.385. The Bertz CT molecular complexity index is 482. The van der Waals surface area contributed by atoms with Crippen LogP contribution in [0.4, 0.5) is 0 Å². The molecule has 2 rings (SSSR count). The molecule has 0 atom stereocenters. The molecule has 1 saturated carbocycles. The van der Waals surface area contributed by atoms with Gasteiger partial charge >= 0.3 is 0 Å². The highest BCUT2D eigenvalue weighted by molar-refractivity contribution is 7.94. The normalized spacial score (nSPS) is 17.5. The van der Waals surface area contributed by atoms with Crippen LogP contribution < -0.4 is 0 Å². The Hall–Kier alpha value is -1.09. The number of sulfone groups is 1. The number of benzene rings is 1. The molecule has 0 heterocycles. The zero-order valence-corrected chi connectivity index (χ0v) is 10.0. The van der Waals surface area contributed by atoms with Crippen LogP contribution in [0.25, 0.3) is 0 Å². The fourth-order valence-corrected chi connectivity index (χ4v) is 3.41. The monoisotopic (exact) mass is 236 g/mol. The molecule has 1 aromatic carbocycles. The van der Waals surface area contributed by atoms with Crippen LogP contribution in [-0.2, 0) is 9.84 Å². The van der Waals surface area contributed by atoms with Crippen molar-refractivity contribution in [1.82, 2.24) is 0 Å². The van der Waals surface area contributed by atoms with E-state index in [1.54, 1.807) is 12.1 Å². The molecule has 0 unspecified atom stereocenters. The molecule has 2 nitrogen and oxygen atoms in total. The van der Waals surface area contributed by atoms with Crippen molar-refractivity contribution in [3.8, 4) is 0 Å². The second-order valence-corrected chi connectivity index (χ2v) is 6.09. The third-order valence-electron chi connectivity index (χ3n) is 3.24. The van der Waals surface area contributed by atoms with E-state index < -0.39 is 9.84 Å². The van der Waals surface area contributed by atoms with Gasteiger partial charge in [0.1, 0.15) is 0 Å². The smallest absolute Gasteiger partial charge is 0.199 e. The Morgan fingerprint density at radius 3 is 2.44 bits per heavy atom. The first-order valence-corrected chi connectivity index (χ1v) is 7.16. The first-order chi connectivity index (χ1) is 7.65. The summed E-state index contributed by atoms with van der Waals surface area (Å²) in [7, 11) is -3.30. The minimum absolute atomic E-state index is 0.408. The first-order valence-electron chi connectivity index (χ1n) is 5.61. The largest absolute Gasteiger partial charge is 0.219 e. The van der Waals surface area contributed by atoms with E-state index in [9.17, 15) is 8.42 Å². The molecule has 0 saturated heterocycles. The third kappa shape index (κ3) is 2.05. The van der Waals surface area contributed by atoms with Crippen molar-refractivity contribution >= 4 is 9.84 Å². The Balaban J connectivity index is 2.49. The van der Waals surface area contributed by atoms with Gasteiger partial charge in [0, 0.05) is 5.41 Å². The molecule has 0 N–H and O–H groups in total. The average molecular weight is 236 g/mol. The van der Waals surface area contributed by atoms with Crippen molar-refractivity contribution in [2.75, 3.05) is 0 Å². The van der Waals surface area contributed by atoms with E-state index in [0.29, 0.717) is 10.8 Å². The van der Waals surface area contributed by atoms with Gasteiger partial charge in [-0.2, -0.15) is 0 Å². The van der Waals surface area contributed by atoms with Crippen molar-refractivity contribution in [3.63, 3.8) is 0 Å². The quantitative estimate of drug-likeness (QED) is 0.807. The summed E-state index contributed by atoms with van der Waals surface area (Å²) in [6.45, 7) is 3.39. The summed E-state index contributed by atoms with van der Waals surface area (Å²) in [5.41, 5.74) is 0.972. The molecule has 1 aliphatic carbocycles. The standard InChI is InChI=1S/C13H16O2S/c1-2-16(14,15)13-10-6-5-9-12(13)11-7-3-4-8-11/h2,5-6,9-11H,1,3-4,7-8H2. The van der Waals surface area contributed by atoms with Gasteiger partial charge in [-0.25, -0.2) is 8.42 Å². The lowest BCUT2D eigenvalue weighted by Gasteiger charge is -2.13. The summed E-state index contributed by atoms with van der Waals surface area (Å²) >= 11 is 0. The van der Waals surface area contributed by atoms with E-state index in [2.05, 4.69) is 6.58 Å². The topological polar surface area (TPSA) is 34.1 Å². The molecule has 16 heavy (non-hydrogen) atoms. The lowest BCUT2D eigenvalue weighted by atomic mass is 9.98. The highest BCUT2D eigenvalue weighted by Gasteiger charge is 2.23. The minimum atomic E-state index is -3.30. The molecule has 0 amide bonds. The molecule has 0 bridgehead atoms. The molecular formula is C13H16O2S. The van der Waals surface area contributed by atoms with Crippen molar-refractivity contribution in [1.29, 1.82) is 0 Å². The average Bonchev–Trinajstić information content (AvgIpc) is 2.82. The lowest BCUT2D eigenvalue weighted by molar-refractivity contribution is 0.600. The third-order valence-corrected chi connectivity index (χ3v) is 4.66. The van der Waals surface area contributed by atoms with E-state index in [1.807, 2.05) is 12.1 Å². The molecule has 0 radical (unpaired) electrons. The number of hydrogen-bond donors (Lipinski definition) is 0. The van der Waals surface area contributed by atoms with Gasteiger partial charge in [0.05, 0.1) is 4.90 Å². The van der Waals surface area contributed by atoms with Crippen molar-refractivity contribution < 1.29 is 8.42 Å². The van der Waals surface area contributed by atoms with Crippen molar-refractivity contribution in [3.05, 3.63) is 41.8 Å². The van der Waals surface area contributed by atoms with Crippen LogP contribution in [0.1, 0.15) is 37.2 Å². The number of hydrogen-bond acceptors (Lipinski definition) is 2. The van der Waals surface area contributed by atoms with Crippen LogP contribution in [0.5, 0.6) is 0 Å². The maximum Gasteiger partial charge on any atom is 0.199 e. The van der Waals surface area contributed by atoms with Crippen LogP contribution >= 0.6 is 0 Å². The van der Waals surface area contributed by atoms with E-state index in [1.165, 1.54) is 12.8 Å². The Labute approximate surface area is 96.9 Å². The van der Waals surface area contributed by atoms with E-state index >= 15 is 0 Å². The second kappa shape index (κ2) is 4.42. The van der Waals surface area contributed by atoms with Gasteiger partial charge in [-0.15, -0.1) is 0 Å².